The summed E-state index contributed by atoms with van der Waals surface area (Å²) in [6.07, 6.45) is 6.06. The third kappa shape index (κ3) is 11.1. The van der Waals surface area contributed by atoms with Gasteiger partial charge < -0.3 is 4.74 Å². The van der Waals surface area contributed by atoms with Crippen molar-refractivity contribution in [2.24, 2.45) is 0 Å². The number of methoxy groups -OCH3 is 1. The maximum absolute atomic E-state index is 4.76. The van der Waals surface area contributed by atoms with Crippen LogP contribution in [0.3, 0.4) is 0 Å². The van der Waals surface area contributed by atoms with Gasteiger partial charge >= 0.3 is 0 Å². The van der Waals surface area contributed by atoms with Crippen molar-refractivity contribution in [1.29, 1.82) is 0 Å². The molecule has 0 bridgehead atoms. The quantitative estimate of drug-likeness (QED) is 0.464. The second kappa shape index (κ2) is 11.1. The summed E-state index contributed by atoms with van der Waals surface area (Å²) in [5.74, 6) is 11.4. The maximum atomic E-state index is 4.76. The van der Waals surface area contributed by atoms with E-state index in [1.165, 1.54) is 25.7 Å². The standard InChI is InChI=1S/C12H18O/c1-3-4-5-6-7-8-9-10-11-12-13-2/h3-7,12H2,1-2H3. The molecule has 0 amide bonds. The largest absolute Gasteiger partial charge is 0.372 e. The molecule has 0 heterocycles. The van der Waals surface area contributed by atoms with Crippen LogP contribution < -0.4 is 0 Å². The Morgan fingerprint density at radius 3 is 2.46 bits per heavy atom. The van der Waals surface area contributed by atoms with Gasteiger partial charge in [0, 0.05) is 13.5 Å². The van der Waals surface area contributed by atoms with Crippen molar-refractivity contribution in [3.8, 4) is 23.7 Å². The summed E-state index contributed by atoms with van der Waals surface area (Å²) in [5, 5.41) is 0. The molecule has 0 atom stereocenters. The highest BCUT2D eigenvalue weighted by molar-refractivity contribution is 5.25. The molecule has 0 unspecified atom stereocenters. The predicted octanol–water partition coefficient (Wildman–Crippen LogP) is 2.61. The Morgan fingerprint density at radius 2 is 1.77 bits per heavy atom. The van der Waals surface area contributed by atoms with Crippen molar-refractivity contribution < 1.29 is 4.74 Å². The van der Waals surface area contributed by atoms with Crippen LogP contribution in [0.5, 0.6) is 0 Å². The Morgan fingerprint density at radius 1 is 1.00 bits per heavy atom. The number of unbranched alkanes of at least 4 members (excludes halogenated alkanes) is 4. The van der Waals surface area contributed by atoms with E-state index in [4.69, 9.17) is 4.74 Å². The minimum absolute atomic E-state index is 0.477. The zero-order valence-corrected chi connectivity index (χ0v) is 8.65. The molecule has 0 aromatic rings. The summed E-state index contributed by atoms with van der Waals surface area (Å²) in [6.45, 7) is 2.69. The fourth-order valence-electron chi connectivity index (χ4n) is 0.899. The van der Waals surface area contributed by atoms with E-state index in [2.05, 4.69) is 30.6 Å². The molecule has 0 aliphatic rings. The fraction of sp³-hybridized carbons (Fsp3) is 0.667. The second-order valence-corrected chi connectivity index (χ2v) is 2.85. The van der Waals surface area contributed by atoms with E-state index in [-0.39, 0.29) is 0 Å². The predicted molar refractivity (Wildman–Crippen MR) is 56.2 cm³/mol. The van der Waals surface area contributed by atoms with Gasteiger partial charge in [0.2, 0.25) is 0 Å². The number of hydrogen-bond donors (Lipinski definition) is 0. The summed E-state index contributed by atoms with van der Waals surface area (Å²) in [5.41, 5.74) is 0. The highest BCUT2D eigenvalue weighted by Crippen LogP contribution is 2.00. The molecule has 13 heavy (non-hydrogen) atoms. The molecule has 72 valence electrons. The van der Waals surface area contributed by atoms with E-state index in [0.717, 1.165) is 6.42 Å². The molecule has 0 rings (SSSR count). The second-order valence-electron chi connectivity index (χ2n) is 2.85. The minimum Gasteiger partial charge on any atom is -0.372 e. The number of ether oxygens (including phenoxy) is 1. The van der Waals surface area contributed by atoms with E-state index in [1.807, 2.05) is 0 Å². The van der Waals surface area contributed by atoms with Gasteiger partial charge in [-0.15, -0.1) is 0 Å². The monoisotopic (exact) mass is 178 g/mol. The van der Waals surface area contributed by atoms with Gasteiger partial charge in [-0.25, -0.2) is 0 Å². The third-order valence-corrected chi connectivity index (χ3v) is 1.61. The molecule has 0 radical (unpaired) electrons. The van der Waals surface area contributed by atoms with Gasteiger partial charge in [0.25, 0.3) is 0 Å². The van der Waals surface area contributed by atoms with Crippen LogP contribution in [0, 0.1) is 23.7 Å². The molecule has 0 spiro atoms. The van der Waals surface area contributed by atoms with Gasteiger partial charge in [-0.3, -0.25) is 0 Å². The van der Waals surface area contributed by atoms with E-state index in [0.29, 0.717) is 6.61 Å². The molecule has 1 nitrogen and oxygen atoms in total. The smallest absolute Gasteiger partial charge is 0.108 e. The van der Waals surface area contributed by atoms with E-state index >= 15 is 0 Å². The summed E-state index contributed by atoms with van der Waals surface area (Å²) in [4.78, 5) is 0. The van der Waals surface area contributed by atoms with Gasteiger partial charge in [0.1, 0.15) is 6.61 Å². The van der Waals surface area contributed by atoms with Crippen LogP contribution in [-0.2, 0) is 4.74 Å². The van der Waals surface area contributed by atoms with Crippen molar-refractivity contribution in [2.75, 3.05) is 13.7 Å². The Labute approximate surface area is 81.9 Å². The highest BCUT2D eigenvalue weighted by Gasteiger charge is 1.82. The van der Waals surface area contributed by atoms with Crippen LogP contribution in [0.25, 0.3) is 0 Å². The molecular formula is C12H18O. The molecular weight excluding hydrogens is 160 g/mol. The van der Waals surface area contributed by atoms with E-state index in [9.17, 15) is 0 Å². The Kier molecular flexibility index (Phi) is 10.3. The van der Waals surface area contributed by atoms with Crippen LogP contribution in [0.1, 0.15) is 39.0 Å². The molecule has 0 fully saturated rings. The lowest BCUT2D eigenvalue weighted by molar-refractivity contribution is 0.240. The lowest BCUT2D eigenvalue weighted by atomic mass is 10.2. The van der Waals surface area contributed by atoms with Crippen molar-refractivity contribution in [2.45, 2.75) is 39.0 Å². The molecule has 0 aliphatic heterocycles. The SMILES string of the molecule is CCCCCCC#CC#CCOC. The van der Waals surface area contributed by atoms with Crippen LogP contribution >= 0.6 is 0 Å². The number of hydrogen-bond acceptors (Lipinski definition) is 1. The minimum atomic E-state index is 0.477. The van der Waals surface area contributed by atoms with Crippen molar-refractivity contribution in [3.05, 3.63) is 0 Å². The van der Waals surface area contributed by atoms with Crippen LogP contribution in [-0.4, -0.2) is 13.7 Å². The van der Waals surface area contributed by atoms with Crippen LogP contribution in [0.15, 0.2) is 0 Å². The van der Waals surface area contributed by atoms with Gasteiger partial charge in [0.05, 0.1) is 0 Å². The summed E-state index contributed by atoms with van der Waals surface area (Å²) < 4.78 is 4.76. The highest BCUT2D eigenvalue weighted by atomic mass is 16.5. The Balaban J connectivity index is 3.26. The summed E-state index contributed by atoms with van der Waals surface area (Å²) in [7, 11) is 1.63. The first-order valence-electron chi connectivity index (χ1n) is 4.86. The normalized spacial score (nSPS) is 8.15. The molecule has 1 heteroatoms. The van der Waals surface area contributed by atoms with Crippen molar-refractivity contribution in [3.63, 3.8) is 0 Å². The summed E-state index contributed by atoms with van der Waals surface area (Å²) >= 11 is 0. The fourth-order valence-corrected chi connectivity index (χ4v) is 0.899. The van der Waals surface area contributed by atoms with Gasteiger partial charge in [-0.05, 0) is 18.3 Å². The topological polar surface area (TPSA) is 9.23 Å². The van der Waals surface area contributed by atoms with Gasteiger partial charge in [-0.2, -0.15) is 0 Å². The average Bonchev–Trinajstić information content (AvgIpc) is 2.16. The Hall–Kier alpha value is -0.920. The lowest BCUT2D eigenvalue weighted by Gasteiger charge is -1.90. The zero-order valence-electron chi connectivity index (χ0n) is 8.65. The molecule has 0 N–H and O–H groups in total. The first-order valence-corrected chi connectivity index (χ1v) is 4.86. The zero-order chi connectivity index (χ0) is 9.78. The van der Waals surface area contributed by atoms with Crippen molar-refractivity contribution >= 4 is 0 Å². The molecule has 0 saturated heterocycles. The first kappa shape index (κ1) is 12.1. The summed E-state index contributed by atoms with van der Waals surface area (Å²) in [6, 6.07) is 0. The van der Waals surface area contributed by atoms with E-state index in [1.54, 1.807) is 7.11 Å². The molecule has 0 aliphatic carbocycles. The van der Waals surface area contributed by atoms with Gasteiger partial charge in [-0.1, -0.05) is 38.0 Å². The average molecular weight is 178 g/mol. The lowest BCUT2D eigenvalue weighted by Crippen LogP contribution is -1.79. The van der Waals surface area contributed by atoms with E-state index < -0.39 is 0 Å². The van der Waals surface area contributed by atoms with Gasteiger partial charge in [0.15, 0.2) is 0 Å². The molecule has 0 saturated carbocycles. The number of rotatable bonds is 5. The van der Waals surface area contributed by atoms with Crippen LogP contribution in [0.2, 0.25) is 0 Å². The third-order valence-electron chi connectivity index (χ3n) is 1.61. The maximum Gasteiger partial charge on any atom is 0.108 e. The van der Waals surface area contributed by atoms with Crippen molar-refractivity contribution in [1.82, 2.24) is 0 Å². The first-order chi connectivity index (χ1) is 6.41. The van der Waals surface area contributed by atoms with Crippen LogP contribution in [0.4, 0.5) is 0 Å². The molecule has 0 aromatic heterocycles. The Bertz CT molecular complexity index is 209. The molecule has 0 aromatic carbocycles.